The number of aliphatic hydroxyl groups excluding tert-OH is 1. The number of nitrogens with zero attached hydrogens (tertiary/aromatic N) is 2. The van der Waals surface area contributed by atoms with Gasteiger partial charge in [0, 0.05) is 30.6 Å². The molecular weight excluding hydrogens is 480 g/mol. The van der Waals surface area contributed by atoms with Gasteiger partial charge in [-0.2, -0.15) is 0 Å². The predicted octanol–water partition coefficient (Wildman–Crippen LogP) is 2.81. The van der Waals surface area contributed by atoms with Crippen molar-refractivity contribution in [1.82, 2.24) is 4.90 Å². The molecule has 2 unspecified atom stereocenters. The van der Waals surface area contributed by atoms with E-state index in [0.717, 1.165) is 6.42 Å². The fourth-order valence-electron chi connectivity index (χ4n) is 5.88. The predicted molar refractivity (Wildman–Crippen MR) is 139 cm³/mol. The highest BCUT2D eigenvalue weighted by molar-refractivity contribution is 8.02. The molecule has 36 heavy (non-hydrogen) atoms. The summed E-state index contributed by atoms with van der Waals surface area (Å²) in [6.07, 6.45) is 5.66. The van der Waals surface area contributed by atoms with Gasteiger partial charge in [-0.15, -0.1) is 24.9 Å². The Kier molecular flexibility index (Phi) is 8.10. The van der Waals surface area contributed by atoms with Crippen LogP contribution in [0.4, 0.5) is 5.69 Å². The van der Waals surface area contributed by atoms with E-state index in [2.05, 4.69) is 13.2 Å². The van der Waals surface area contributed by atoms with Crippen LogP contribution in [0.25, 0.3) is 0 Å². The third kappa shape index (κ3) is 4.43. The first-order chi connectivity index (χ1) is 17.4. The summed E-state index contributed by atoms with van der Waals surface area (Å²) in [7, 11) is 1.58. The lowest BCUT2D eigenvalue weighted by atomic mass is 9.71. The summed E-state index contributed by atoms with van der Waals surface area (Å²) in [6.45, 7) is 8.14. The lowest BCUT2D eigenvalue weighted by Crippen LogP contribution is -2.55. The molecule has 1 spiro atoms. The summed E-state index contributed by atoms with van der Waals surface area (Å²) >= 11 is 1.60. The second-order valence-corrected chi connectivity index (χ2v) is 10.9. The molecule has 8 nitrogen and oxygen atoms in total. The lowest BCUT2D eigenvalue weighted by Gasteiger charge is -2.37. The van der Waals surface area contributed by atoms with Crippen LogP contribution in [0.5, 0.6) is 5.75 Å². The Hall–Kier alpha value is -2.78. The van der Waals surface area contributed by atoms with Gasteiger partial charge in [0.25, 0.3) is 5.91 Å². The number of carbonyl (C=O) groups is 3. The number of benzene rings is 1. The number of anilines is 1. The summed E-state index contributed by atoms with van der Waals surface area (Å²) < 4.78 is 10.1. The third-order valence-corrected chi connectivity index (χ3v) is 9.34. The summed E-state index contributed by atoms with van der Waals surface area (Å²) in [5.41, 5.74) is 0.674. The molecule has 3 fully saturated rings. The van der Waals surface area contributed by atoms with Crippen LogP contribution in [0.15, 0.2) is 49.6 Å². The van der Waals surface area contributed by atoms with Gasteiger partial charge in [0.1, 0.15) is 11.8 Å². The van der Waals surface area contributed by atoms with Crippen LogP contribution in [-0.4, -0.2) is 77.2 Å². The first-order valence-electron chi connectivity index (χ1n) is 12.4. The maximum atomic E-state index is 14.3. The minimum atomic E-state index is -0.746. The molecule has 2 amide bonds. The van der Waals surface area contributed by atoms with Gasteiger partial charge in [-0.3, -0.25) is 14.4 Å². The van der Waals surface area contributed by atoms with Crippen molar-refractivity contribution in [3.8, 4) is 5.75 Å². The van der Waals surface area contributed by atoms with Crippen molar-refractivity contribution < 1.29 is 29.0 Å². The highest BCUT2D eigenvalue weighted by Gasteiger charge is 2.74. The van der Waals surface area contributed by atoms with E-state index >= 15 is 0 Å². The van der Waals surface area contributed by atoms with Gasteiger partial charge in [-0.25, -0.2) is 0 Å². The second-order valence-electron chi connectivity index (χ2n) is 9.35. The Morgan fingerprint density at radius 1 is 1.28 bits per heavy atom. The molecular formula is C27H34N2O6S. The van der Waals surface area contributed by atoms with E-state index < -0.39 is 22.6 Å². The van der Waals surface area contributed by atoms with Crippen LogP contribution in [-0.2, 0) is 19.1 Å². The Morgan fingerprint density at radius 2 is 2.03 bits per heavy atom. The van der Waals surface area contributed by atoms with Crippen LogP contribution in [0.1, 0.15) is 25.7 Å². The van der Waals surface area contributed by atoms with Gasteiger partial charge < -0.3 is 24.4 Å². The number of rotatable bonds is 12. The first kappa shape index (κ1) is 26.3. The van der Waals surface area contributed by atoms with Gasteiger partial charge in [-0.05, 0) is 49.9 Å². The summed E-state index contributed by atoms with van der Waals surface area (Å²) in [6, 6.07) is 6.44. The largest absolute Gasteiger partial charge is 0.497 e. The molecule has 3 aliphatic heterocycles. The monoisotopic (exact) mass is 514 g/mol. The van der Waals surface area contributed by atoms with Gasteiger partial charge in [0.15, 0.2) is 0 Å². The normalized spacial score (nSPS) is 28.1. The zero-order valence-corrected chi connectivity index (χ0v) is 21.5. The molecule has 3 heterocycles. The molecule has 1 aromatic carbocycles. The molecule has 3 saturated heterocycles. The highest BCUT2D eigenvalue weighted by atomic mass is 32.2. The molecule has 0 aliphatic carbocycles. The van der Waals surface area contributed by atoms with Gasteiger partial charge in [0.05, 0.1) is 30.3 Å². The van der Waals surface area contributed by atoms with Crippen molar-refractivity contribution in [3.63, 3.8) is 0 Å². The maximum Gasteiger partial charge on any atom is 0.310 e. The fraction of sp³-hybridized carbons (Fsp3) is 0.519. The molecule has 9 heteroatoms. The number of thioether (sulfide) groups is 1. The third-order valence-electron chi connectivity index (χ3n) is 7.39. The lowest BCUT2D eigenvalue weighted by molar-refractivity contribution is -0.154. The van der Waals surface area contributed by atoms with Gasteiger partial charge in [0.2, 0.25) is 5.91 Å². The molecule has 0 radical (unpaired) electrons. The van der Waals surface area contributed by atoms with Crippen molar-refractivity contribution in [2.45, 2.75) is 41.7 Å². The summed E-state index contributed by atoms with van der Waals surface area (Å²) in [4.78, 5) is 44.5. The van der Waals surface area contributed by atoms with Crippen molar-refractivity contribution in [2.75, 3.05) is 38.3 Å². The Balaban J connectivity index is 1.70. The number of fused-ring (bicyclic) bond motifs is 1. The summed E-state index contributed by atoms with van der Waals surface area (Å²) in [5, 5.41) is 9.45. The Morgan fingerprint density at radius 3 is 2.67 bits per heavy atom. The summed E-state index contributed by atoms with van der Waals surface area (Å²) in [5.74, 6) is -1.30. The minimum Gasteiger partial charge on any atom is -0.497 e. The van der Waals surface area contributed by atoms with E-state index in [0.29, 0.717) is 30.7 Å². The quantitative estimate of drug-likeness (QED) is 0.260. The fourth-order valence-corrected chi connectivity index (χ4v) is 8.08. The number of likely N-dealkylation sites (tertiary alicyclic amines) is 1. The number of aliphatic hydroxyl groups is 1. The second kappa shape index (κ2) is 11.1. The highest BCUT2D eigenvalue weighted by Crippen LogP contribution is 2.66. The number of esters is 1. The van der Waals surface area contributed by atoms with E-state index in [-0.39, 0.29) is 49.3 Å². The average Bonchev–Trinajstić information content (AvgIpc) is 3.53. The zero-order valence-electron chi connectivity index (χ0n) is 20.6. The molecule has 4 rings (SSSR count). The van der Waals surface area contributed by atoms with Crippen molar-refractivity contribution in [2.24, 2.45) is 11.8 Å². The van der Waals surface area contributed by atoms with E-state index in [1.54, 1.807) is 53.0 Å². The number of amides is 2. The number of methoxy groups -OCH3 is 1. The molecule has 0 saturated carbocycles. The molecule has 0 aromatic heterocycles. The van der Waals surface area contributed by atoms with Crippen LogP contribution < -0.4 is 9.64 Å². The molecule has 5 atom stereocenters. The minimum absolute atomic E-state index is 0.0562. The van der Waals surface area contributed by atoms with Crippen LogP contribution in [0.3, 0.4) is 0 Å². The van der Waals surface area contributed by atoms with Crippen LogP contribution >= 0.6 is 11.8 Å². The van der Waals surface area contributed by atoms with Gasteiger partial charge >= 0.3 is 5.97 Å². The number of ether oxygens (including phenoxy) is 2. The molecule has 1 aromatic rings. The van der Waals surface area contributed by atoms with Crippen LogP contribution in [0, 0.1) is 11.8 Å². The van der Waals surface area contributed by atoms with Crippen molar-refractivity contribution >= 4 is 35.2 Å². The standard InChI is InChI=1S/C27H34N2O6S/c1-4-6-17-35-26(33)21-20-12-13-27(36-20)22(21)24(31)29(15-7-16-30)23(27)25(32)28(14-5-2)18-8-10-19(34-3)11-9-18/h4-5,8-11,20-23,30H,1-2,6-7,12-17H2,3H3/t20-,21+,22+,23?,27?/m1/s1. The smallest absolute Gasteiger partial charge is 0.310 e. The molecule has 3 aliphatic rings. The zero-order chi connectivity index (χ0) is 25.9. The maximum absolute atomic E-state index is 14.3. The topological polar surface area (TPSA) is 96.4 Å². The van der Waals surface area contributed by atoms with Crippen molar-refractivity contribution in [3.05, 3.63) is 49.6 Å². The van der Waals surface area contributed by atoms with E-state index in [9.17, 15) is 19.5 Å². The average molecular weight is 515 g/mol. The van der Waals surface area contributed by atoms with Crippen molar-refractivity contribution in [1.29, 1.82) is 0 Å². The Labute approximate surface area is 216 Å². The number of carbonyl (C=O) groups excluding carboxylic acids is 3. The molecule has 194 valence electrons. The first-order valence-corrected chi connectivity index (χ1v) is 13.2. The number of hydrogen-bond acceptors (Lipinski definition) is 7. The van der Waals surface area contributed by atoms with E-state index in [1.807, 2.05) is 12.1 Å². The van der Waals surface area contributed by atoms with E-state index in [1.165, 1.54) is 0 Å². The van der Waals surface area contributed by atoms with Gasteiger partial charge in [-0.1, -0.05) is 12.2 Å². The number of hydrogen-bond donors (Lipinski definition) is 1. The molecule has 2 bridgehead atoms. The SMILES string of the molecule is C=CCCOC(=O)[C@@H]1[C@H]2C(=O)N(CCCO)C(C(=O)N(CC=C)c3ccc(OC)cc3)C23CC[C@H]1S3. The Bertz CT molecular complexity index is 1010. The van der Waals surface area contributed by atoms with E-state index in [4.69, 9.17) is 9.47 Å². The van der Waals surface area contributed by atoms with Crippen LogP contribution in [0.2, 0.25) is 0 Å². The molecule has 1 N–H and O–H groups in total.